The van der Waals surface area contributed by atoms with Gasteiger partial charge in [-0.1, -0.05) is 76.2 Å². The summed E-state index contributed by atoms with van der Waals surface area (Å²) in [5, 5.41) is 7.58. The molecule has 6 aromatic carbocycles. The summed E-state index contributed by atoms with van der Waals surface area (Å²) in [6.45, 7) is 8.00. The van der Waals surface area contributed by atoms with Crippen LogP contribution in [0, 0.1) is 5.82 Å². The van der Waals surface area contributed by atoms with Crippen molar-refractivity contribution in [1.82, 2.24) is 15.0 Å². The molecule has 9 aromatic rings. The van der Waals surface area contributed by atoms with Crippen LogP contribution in [0.1, 0.15) is 59.0 Å². The molecule has 6 heterocycles. The molecule has 0 spiro atoms. The molecule has 0 aliphatic carbocycles. The van der Waals surface area contributed by atoms with Crippen molar-refractivity contribution < 1.29 is 69.3 Å². The van der Waals surface area contributed by atoms with Crippen molar-refractivity contribution in [2.24, 2.45) is 0 Å². The first kappa shape index (κ1) is 65.2. The predicted octanol–water partition coefficient (Wildman–Crippen LogP) is 8.89. The second-order valence-corrected chi connectivity index (χ2v) is 29.0. The number of carbonyl (C=O) groups excluding carboxylic acids is 3. The molecule has 0 fully saturated rings. The van der Waals surface area contributed by atoms with Gasteiger partial charge in [0, 0.05) is 47.8 Å². The summed E-state index contributed by atoms with van der Waals surface area (Å²) in [6, 6.07) is 42.5. The van der Waals surface area contributed by atoms with Crippen molar-refractivity contribution in [2.45, 2.75) is 57.1 Å². The number of sulfonamides is 6. The molecule has 31 heteroatoms. The summed E-state index contributed by atoms with van der Waals surface area (Å²) in [6.07, 6.45) is 5.85. The van der Waals surface area contributed by atoms with Crippen molar-refractivity contribution in [2.75, 3.05) is 27.1 Å². The maximum absolute atomic E-state index is 14.6. The van der Waals surface area contributed by atoms with Crippen LogP contribution >= 0.6 is 0 Å². The third kappa shape index (κ3) is 12.8. The van der Waals surface area contributed by atoms with Crippen LogP contribution in [-0.4, -0.2) is 83.2 Å². The van der Waals surface area contributed by atoms with Crippen LogP contribution in [0.5, 0.6) is 0 Å². The lowest BCUT2D eigenvalue weighted by Crippen LogP contribution is -2.30. The van der Waals surface area contributed by atoms with Gasteiger partial charge in [0.25, 0.3) is 77.9 Å². The Kier molecular flexibility index (Phi) is 19.2. The molecule has 460 valence electrons. The molecule has 3 aliphatic rings. The van der Waals surface area contributed by atoms with Crippen molar-refractivity contribution >= 4 is 112 Å². The monoisotopic (exact) mass is 1320 g/mol. The SMILES string of the molecule is CC.CC.O=C(Nc1ccc(N2S(=O)(=O)c3ccccc3S2(=O)=O)cc1)c1ccccn1.O=C(Nc1ccc(N2S(=O)(=O)c3ccccc3S2(=O)=O)cc1)c1ccncc1.O=C(Nc1ccc(N2S(=O)(=O)c3ccccc3S2(=O)=O)cc1F)c1ccccn1. The van der Waals surface area contributed by atoms with Crippen LogP contribution in [0.15, 0.2) is 242 Å². The van der Waals surface area contributed by atoms with Crippen molar-refractivity contribution in [3.05, 3.63) is 236 Å². The summed E-state index contributed by atoms with van der Waals surface area (Å²) in [5.74, 6) is -2.50. The number of hydrogen-bond acceptors (Lipinski definition) is 18. The number of pyridine rings is 3. The minimum atomic E-state index is -4.42. The van der Waals surface area contributed by atoms with Crippen LogP contribution in [0.3, 0.4) is 0 Å². The zero-order valence-electron chi connectivity index (χ0n) is 46.8. The Balaban J connectivity index is 0.000000168. The van der Waals surface area contributed by atoms with Crippen LogP contribution in [0.4, 0.5) is 38.5 Å². The average molecular weight is 1320 g/mol. The largest absolute Gasteiger partial charge is 0.322 e. The zero-order valence-corrected chi connectivity index (χ0v) is 51.7. The fourth-order valence-electron chi connectivity index (χ4n) is 8.52. The summed E-state index contributed by atoms with van der Waals surface area (Å²) in [7, 11) is -25.8. The number of carbonyl (C=O) groups is 3. The van der Waals surface area contributed by atoms with E-state index in [-0.39, 0.29) is 67.4 Å². The molecule has 3 amide bonds. The first-order valence-electron chi connectivity index (χ1n) is 26.2. The quantitative estimate of drug-likeness (QED) is 0.121. The lowest BCUT2D eigenvalue weighted by atomic mass is 10.2. The van der Waals surface area contributed by atoms with Gasteiger partial charge in [-0.05, 0) is 133 Å². The molecular formula is C58H50FN9O15S6. The number of rotatable bonds is 9. The second-order valence-electron chi connectivity index (χ2n) is 17.7. The Hall–Kier alpha value is -9.79. The Labute approximate surface area is 512 Å². The van der Waals surface area contributed by atoms with Crippen molar-refractivity contribution in [3.8, 4) is 0 Å². The summed E-state index contributed by atoms with van der Waals surface area (Å²) in [4.78, 5) is 46.2. The van der Waals surface area contributed by atoms with E-state index in [1.165, 1.54) is 152 Å². The number of anilines is 6. The number of nitrogens with one attached hydrogen (secondary N) is 3. The standard InChI is InChI=1S/C18H12FN3O5S2.2C18H13N3O5S2.2C2H6/c19-13-11-12(8-9-14(13)21-18(23)15-5-3-4-10-20-15)22-28(24,25)16-6-1-2-7-17(16)29(22,26)27;22-18(15-5-3-4-12-19-15)20-13-8-10-14(11-9-13)21-27(23,24)16-6-1-2-7-17(16)28(21,25)26;22-18(13-9-11-19-12-10-13)20-14-5-7-15(8-6-14)21-27(23,24)16-3-1-2-4-17(16)28(21,25)26;2*1-2/h1-11H,(H,21,23);2*1-12H,(H,20,22);2*1-2H3. The minimum Gasteiger partial charge on any atom is -0.322 e. The minimum absolute atomic E-state index is 0.0434. The van der Waals surface area contributed by atoms with Gasteiger partial charge < -0.3 is 16.0 Å². The lowest BCUT2D eigenvalue weighted by Gasteiger charge is -2.17. The highest BCUT2D eigenvalue weighted by Crippen LogP contribution is 2.43. The molecular weight excluding hydrogens is 1270 g/mol. The van der Waals surface area contributed by atoms with Gasteiger partial charge >= 0.3 is 0 Å². The van der Waals surface area contributed by atoms with E-state index >= 15 is 0 Å². The van der Waals surface area contributed by atoms with E-state index in [4.69, 9.17) is 0 Å². The molecule has 0 saturated carbocycles. The number of hydrogen-bond donors (Lipinski definition) is 3. The molecule has 0 bridgehead atoms. The third-order valence-electron chi connectivity index (χ3n) is 12.3. The Bertz CT molecular complexity index is 4510. The summed E-state index contributed by atoms with van der Waals surface area (Å²) in [5.41, 5.74) is 0.667. The smallest absolute Gasteiger partial charge is 0.279 e. The molecule has 24 nitrogen and oxygen atoms in total. The van der Waals surface area contributed by atoms with E-state index < -0.39 is 83.5 Å². The molecule has 0 atom stereocenters. The first-order chi connectivity index (χ1) is 42.4. The highest BCUT2D eigenvalue weighted by Gasteiger charge is 2.49. The molecule has 89 heavy (non-hydrogen) atoms. The van der Waals surface area contributed by atoms with Crippen molar-refractivity contribution in [1.29, 1.82) is 0 Å². The van der Waals surface area contributed by atoms with Gasteiger partial charge in [-0.25, -0.2) is 4.39 Å². The average Bonchev–Trinajstić information content (AvgIpc) is 1.59. The number of fused-ring (bicyclic) bond motifs is 3. The molecule has 12 rings (SSSR count). The van der Waals surface area contributed by atoms with Gasteiger partial charge in [0.05, 0.1) is 22.7 Å². The van der Waals surface area contributed by atoms with Gasteiger partial charge in [0.15, 0.2) is 0 Å². The number of benzene rings is 6. The molecule has 0 radical (unpaired) electrons. The van der Waals surface area contributed by atoms with E-state index in [1.807, 2.05) is 27.7 Å². The molecule has 0 unspecified atom stereocenters. The van der Waals surface area contributed by atoms with Crippen LogP contribution < -0.4 is 27.1 Å². The maximum atomic E-state index is 14.6. The van der Waals surface area contributed by atoms with Gasteiger partial charge in [0.1, 0.15) is 46.6 Å². The van der Waals surface area contributed by atoms with E-state index in [2.05, 4.69) is 30.9 Å². The number of aromatic nitrogens is 3. The van der Waals surface area contributed by atoms with Gasteiger partial charge in [-0.15, -0.1) is 0 Å². The maximum Gasteiger partial charge on any atom is 0.279 e. The zero-order chi connectivity index (χ0) is 64.7. The molecule has 0 saturated heterocycles. The van der Waals surface area contributed by atoms with E-state index in [0.29, 0.717) is 24.4 Å². The topological polar surface area (TPSA) is 341 Å². The van der Waals surface area contributed by atoms with Gasteiger partial charge in [0.2, 0.25) is 0 Å². The normalized spacial score (nSPS) is 15.7. The van der Waals surface area contributed by atoms with E-state index in [0.717, 1.165) is 18.2 Å². The summed E-state index contributed by atoms with van der Waals surface area (Å²) >= 11 is 0. The van der Waals surface area contributed by atoms with Crippen molar-refractivity contribution in [3.63, 3.8) is 0 Å². The van der Waals surface area contributed by atoms with Gasteiger partial charge in [-0.2, -0.15) is 61.6 Å². The lowest BCUT2D eigenvalue weighted by molar-refractivity contribution is 0.101. The fraction of sp³-hybridized carbons (Fsp3) is 0.0690. The fourth-order valence-corrected chi connectivity index (χ4v) is 21.8. The highest BCUT2D eigenvalue weighted by molar-refractivity contribution is 8.13. The van der Waals surface area contributed by atoms with Gasteiger partial charge in [-0.3, -0.25) is 29.3 Å². The van der Waals surface area contributed by atoms with E-state index in [9.17, 15) is 69.3 Å². The first-order valence-corrected chi connectivity index (χ1v) is 34.8. The number of nitrogens with zero attached hydrogens (tertiary/aromatic N) is 6. The van der Waals surface area contributed by atoms with E-state index in [1.54, 1.807) is 42.5 Å². The van der Waals surface area contributed by atoms with Crippen LogP contribution in [0.2, 0.25) is 0 Å². The molecule has 3 N–H and O–H groups in total. The van der Waals surface area contributed by atoms with Crippen LogP contribution in [0.25, 0.3) is 0 Å². The Morgan fingerprint density at radius 1 is 0.348 bits per heavy atom. The third-order valence-corrected chi connectivity index (χ3v) is 25.6. The second kappa shape index (κ2) is 26.3. The molecule has 3 aromatic heterocycles. The molecule has 3 aliphatic heterocycles. The number of amides is 3. The Morgan fingerprint density at radius 2 is 0.652 bits per heavy atom. The predicted molar refractivity (Wildman–Crippen MR) is 328 cm³/mol. The Morgan fingerprint density at radius 3 is 0.978 bits per heavy atom. The highest BCUT2D eigenvalue weighted by atomic mass is 32.3. The number of halogens is 1. The summed E-state index contributed by atoms with van der Waals surface area (Å²) < 4.78 is 168. The van der Waals surface area contributed by atoms with Crippen LogP contribution in [-0.2, 0) is 60.1 Å².